The summed E-state index contributed by atoms with van der Waals surface area (Å²) in [6.07, 6.45) is 0. The van der Waals surface area contributed by atoms with Gasteiger partial charge in [-0.25, -0.2) is 0 Å². The molecule has 0 amide bonds. The minimum Gasteiger partial charge on any atom is -0.494 e. The summed E-state index contributed by atoms with van der Waals surface area (Å²) in [5.74, 6) is 1.46. The summed E-state index contributed by atoms with van der Waals surface area (Å²) < 4.78 is 10.9. The number of fused-ring (bicyclic) bond motifs is 1. The highest BCUT2D eigenvalue weighted by atomic mass is 16.5. The first-order valence-electron chi connectivity index (χ1n) is 10.9. The Bertz CT molecular complexity index is 1390. The van der Waals surface area contributed by atoms with E-state index in [1.807, 2.05) is 13.8 Å². The van der Waals surface area contributed by atoms with Crippen LogP contribution in [-0.4, -0.2) is 13.2 Å². The Morgan fingerprint density at radius 2 is 1.00 bits per heavy atom. The van der Waals surface area contributed by atoms with Gasteiger partial charge in [-0.3, -0.25) is 20.4 Å². The average molecular weight is 457 g/mol. The Balaban J connectivity index is 1.72. The normalized spacial score (nSPS) is 12.1. The first-order valence-corrected chi connectivity index (χ1v) is 10.9. The first-order chi connectivity index (χ1) is 16.6. The quantitative estimate of drug-likeness (QED) is 0.312. The Morgan fingerprint density at radius 1 is 0.618 bits per heavy atom. The molecule has 0 radical (unpaired) electrons. The Hall–Kier alpha value is -4.46. The lowest BCUT2D eigenvalue weighted by Crippen LogP contribution is -2.48. The molecule has 8 heteroatoms. The zero-order valence-electron chi connectivity index (χ0n) is 18.9. The van der Waals surface area contributed by atoms with Crippen LogP contribution in [0.4, 0.5) is 11.4 Å². The van der Waals surface area contributed by atoms with E-state index in [1.165, 1.54) is 0 Å². The maximum atomic E-state index is 12.9. The first kappa shape index (κ1) is 22.7. The van der Waals surface area contributed by atoms with Gasteiger partial charge in [0.25, 0.3) is 10.9 Å². The lowest BCUT2D eigenvalue weighted by Gasteiger charge is -2.05. The van der Waals surface area contributed by atoms with Crippen molar-refractivity contribution in [1.82, 2.24) is 0 Å². The Kier molecular flexibility index (Phi) is 6.98. The van der Waals surface area contributed by atoms with Crippen molar-refractivity contribution in [3.05, 3.63) is 104 Å². The minimum atomic E-state index is -0.732. The standard InChI is InChI=1S/C26H24N4O4/c1-3-33-19-13-9-17(10-14-19)27-29-23-21-7-5-6-8-22(21)24(26(32)25(23)31)30-28-18-11-15-20(16-12-18)34-4-2/h5-16,27-28H,3-4H2,1-2H3/b29-23-,30-24+. The number of benzene rings is 4. The molecule has 4 rings (SSSR count). The molecule has 4 aromatic carbocycles. The Morgan fingerprint density at radius 3 is 1.35 bits per heavy atom. The summed E-state index contributed by atoms with van der Waals surface area (Å²) in [5.41, 5.74) is 5.56. The Labute approximate surface area is 195 Å². The molecule has 34 heavy (non-hydrogen) atoms. The number of ether oxygens (including phenoxy) is 2. The van der Waals surface area contributed by atoms with E-state index in [4.69, 9.17) is 9.47 Å². The van der Waals surface area contributed by atoms with E-state index < -0.39 is 10.9 Å². The van der Waals surface area contributed by atoms with Crippen LogP contribution in [0.1, 0.15) is 13.8 Å². The van der Waals surface area contributed by atoms with E-state index in [1.54, 1.807) is 72.8 Å². The predicted octanol–water partition coefficient (Wildman–Crippen LogP) is 3.09. The van der Waals surface area contributed by atoms with Crippen LogP contribution in [0.15, 0.2) is 92.6 Å². The molecule has 0 saturated heterocycles. The van der Waals surface area contributed by atoms with Crippen molar-refractivity contribution in [2.45, 2.75) is 13.8 Å². The third-order valence-electron chi connectivity index (χ3n) is 5.00. The molecular formula is C26H24N4O4. The van der Waals surface area contributed by atoms with Gasteiger partial charge in [0, 0.05) is 10.8 Å². The summed E-state index contributed by atoms with van der Waals surface area (Å²) in [4.78, 5) is 25.8. The summed E-state index contributed by atoms with van der Waals surface area (Å²) in [6, 6.07) is 21.4. The van der Waals surface area contributed by atoms with Crippen molar-refractivity contribution in [1.29, 1.82) is 0 Å². The molecule has 0 heterocycles. The molecule has 4 aromatic rings. The number of anilines is 2. The van der Waals surface area contributed by atoms with E-state index in [9.17, 15) is 9.59 Å². The molecule has 0 saturated carbocycles. The molecule has 0 unspecified atom stereocenters. The second-order valence-corrected chi connectivity index (χ2v) is 7.26. The van der Waals surface area contributed by atoms with Crippen LogP contribution in [0.2, 0.25) is 0 Å². The van der Waals surface area contributed by atoms with Crippen molar-refractivity contribution in [2.75, 3.05) is 24.1 Å². The molecule has 2 N–H and O–H groups in total. The van der Waals surface area contributed by atoms with Gasteiger partial charge in [-0.05, 0) is 62.4 Å². The van der Waals surface area contributed by atoms with Gasteiger partial charge in [0.1, 0.15) is 22.2 Å². The third kappa shape index (κ3) is 4.96. The third-order valence-corrected chi connectivity index (χ3v) is 5.00. The lowest BCUT2D eigenvalue weighted by atomic mass is 10.1. The zero-order chi connectivity index (χ0) is 23.9. The fourth-order valence-corrected chi connectivity index (χ4v) is 3.40. The number of nitrogens with one attached hydrogen (secondary N) is 2. The molecule has 0 aliphatic rings. The smallest absolute Gasteiger partial charge is 0.256 e. The number of rotatable bonds is 8. The number of hydrogen-bond acceptors (Lipinski definition) is 8. The molecule has 0 fully saturated rings. The zero-order valence-corrected chi connectivity index (χ0v) is 18.9. The van der Waals surface area contributed by atoms with Gasteiger partial charge >= 0.3 is 0 Å². The molecule has 0 atom stereocenters. The van der Waals surface area contributed by atoms with Gasteiger partial charge in [-0.15, -0.1) is 0 Å². The largest absolute Gasteiger partial charge is 0.494 e. The van der Waals surface area contributed by atoms with Gasteiger partial charge in [-0.2, -0.15) is 10.2 Å². The van der Waals surface area contributed by atoms with E-state index >= 15 is 0 Å². The van der Waals surface area contributed by atoms with Crippen LogP contribution in [0, 0.1) is 0 Å². The average Bonchev–Trinajstić information content (AvgIpc) is 2.86. The van der Waals surface area contributed by atoms with Crippen molar-refractivity contribution in [3.63, 3.8) is 0 Å². The van der Waals surface area contributed by atoms with Crippen LogP contribution in [0.25, 0.3) is 10.8 Å². The second kappa shape index (κ2) is 10.4. The highest BCUT2D eigenvalue weighted by Gasteiger charge is 2.10. The van der Waals surface area contributed by atoms with Gasteiger partial charge in [0.15, 0.2) is 0 Å². The molecule has 0 spiro atoms. The van der Waals surface area contributed by atoms with Gasteiger partial charge in [-0.1, -0.05) is 24.3 Å². The summed E-state index contributed by atoms with van der Waals surface area (Å²) >= 11 is 0. The molecule has 8 nitrogen and oxygen atoms in total. The second-order valence-electron chi connectivity index (χ2n) is 7.26. The van der Waals surface area contributed by atoms with Gasteiger partial charge < -0.3 is 9.47 Å². The number of hydrogen-bond donors (Lipinski definition) is 2. The highest BCUT2D eigenvalue weighted by Crippen LogP contribution is 2.16. The summed E-state index contributed by atoms with van der Waals surface area (Å²) in [6.45, 7) is 4.96. The minimum absolute atomic E-state index is 0.0366. The monoisotopic (exact) mass is 456 g/mol. The molecular weight excluding hydrogens is 432 g/mol. The van der Waals surface area contributed by atoms with Crippen LogP contribution in [0.5, 0.6) is 11.5 Å². The van der Waals surface area contributed by atoms with Crippen molar-refractivity contribution in [3.8, 4) is 11.5 Å². The van der Waals surface area contributed by atoms with E-state index in [2.05, 4.69) is 21.1 Å². The van der Waals surface area contributed by atoms with Crippen LogP contribution in [-0.2, 0) is 0 Å². The van der Waals surface area contributed by atoms with E-state index in [-0.39, 0.29) is 10.7 Å². The van der Waals surface area contributed by atoms with Crippen molar-refractivity contribution in [2.24, 2.45) is 10.2 Å². The predicted molar refractivity (Wildman–Crippen MR) is 132 cm³/mol. The summed E-state index contributed by atoms with van der Waals surface area (Å²) in [7, 11) is 0. The lowest BCUT2D eigenvalue weighted by molar-refractivity contribution is 0.340. The maximum Gasteiger partial charge on any atom is 0.256 e. The van der Waals surface area contributed by atoms with Crippen molar-refractivity contribution >= 4 is 22.1 Å². The van der Waals surface area contributed by atoms with Gasteiger partial charge in [0.05, 0.1) is 24.6 Å². The fraction of sp³-hybridized carbons (Fsp3) is 0.154. The fourth-order valence-electron chi connectivity index (χ4n) is 3.40. The molecule has 172 valence electrons. The van der Waals surface area contributed by atoms with Crippen molar-refractivity contribution < 1.29 is 9.47 Å². The van der Waals surface area contributed by atoms with E-state index in [0.717, 1.165) is 11.5 Å². The SMILES string of the molecule is CCOc1ccc(N/N=c2\c(=O)c(=O)/c(=N/Nc3ccc(OCC)cc3)c3ccccc23)cc1. The number of nitrogens with zero attached hydrogens (tertiary/aromatic N) is 2. The topological polar surface area (TPSA) is 101 Å². The summed E-state index contributed by atoms with van der Waals surface area (Å²) in [5, 5.41) is 9.62. The van der Waals surface area contributed by atoms with E-state index in [0.29, 0.717) is 35.4 Å². The molecule has 0 aliphatic carbocycles. The van der Waals surface area contributed by atoms with Gasteiger partial charge in [0.2, 0.25) is 0 Å². The molecule has 0 aliphatic heterocycles. The molecule has 0 bridgehead atoms. The highest BCUT2D eigenvalue weighted by molar-refractivity contribution is 5.81. The maximum absolute atomic E-state index is 12.9. The van der Waals surface area contributed by atoms with Crippen LogP contribution < -0.4 is 41.9 Å². The van der Waals surface area contributed by atoms with Crippen LogP contribution in [0.3, 0.4) is 0 Å². The van der Waals surface area contributed by atoms with Crippen LogP contribution >= 0.6 is 0 Å². The molecule has 0 aromatic heterocycles.